The third-order valence-electron chi connectivity index (χ3n) is 5.34. The van der Waals surface area contributed by atoms with Gasteiger partial charge in [-0.1, -0.05) is 41.5 Å². The second kappa shape index (κ2) is 10.6. The smallest absolute Gasteiger partial charge is 0.303 e. The molecule has 0 aromatic heterocycles. The number of rotatable bonds is 7. The van der Waals surface area contributed by atoms with Crippen LogP contribution in [0.2, 0.25) is 0 Å². The second-order valence-corrected chi connectivity index (χ2v) is 7.57. The van der Waals surface area contributed by atoms with Crippen LogP contribution in [0, 0.1) is 35.5 Å². The van der Waals surface area contributed by atoms with Gasteiger partial charge in [-0.2, -0.15) is 0 Å². The summed E-state index contributed by atoms with van der Waals surface area (Å²) in [6.07, 6.45) is 0.926. The molecule has 0 aromatic rings. The quantitative estimate of drug-likeness (QED) is 0.670. The van der Waals surface area contributed by atoms with Crippen molar-refractivity contribution < 1.29 is 14.7 Å². The molecule has 23 heavy (non-hydrogen) atoms. The highest BCUT2D eigenvalue weighted by Gasteiger charge is 2.27. The molecule has 4 atom stereocenters. The largest absolute Gasteiger partial charge is 0.481 e. The van der Waals surface area contributed by atoms with Gasteiger partial charge >= 0.3 is 5.97 Å². The maximum absolute atomic E-state index is 10.9. The number of nitrogens with two attached hydrogens (primary N) is 1. The van der Waals surface area contributed by atoms with Crippen LogP contribution in [-0.2, 0) is 9.59 Å². The highest BCUT2D eigenvalue weighted by molar-refractivity contribution is 5.78. The van der Waals surface area contributed by atoms with Crippen molar-refractivity contribution in [2.75, 3.05) is 13.1 Å². The Morgan fingerprint density at radius 2 is 1.78 bits per heavy atom. The third kappa shape index (κ3) is 8.35. The van der Waals surface area contributed by atoms with Crippen molar-refractivity contribution in [1.29, 1.82) is 0 Å². The number of aliphatic carboxylic acids is 1. The summed E-state index contributed by atoms with van der Waals surface area (Å²) in [6.45, 7) is 14.3. The van der Waals surface area contributed by atoms with Crippen molar-refractivity contribution in [1.82, 2.24) is 5.32 Å². The molecular formula is C18H36N2O3. The number of hydrogen-bond acceptors (Lipinski definition) is 3. The molecule has 0 spiro atoms. The molecule has 5 nitrogen and oxygen atoms in total. The number of hydrogen-bond donors (Lipinski definition) is 3. The fraction of sp³-hybridized carbons (Fsp3) is 0.889. The monoisotopic (exact) mass is 328 g/mol. The van der Waals surface area contributed by atoms with Crippen molar-refractivity contribution in [3.05, 3.63) is 0 Å². The van der Waals surface area contributed by atoms with E-state index in [0.29, 0.717) is 36.1 Å². The van der Waals surface area contributed by atoms with Crippen LogP contribution in [0.3, 0.4) is 0 Å². The predicted molar refractivity (Wildman–Crippen MR) is 93.9 cm³/mol. The summed E-state index contributed by atoms with van der Waals surface area (Å²) in [5, 5.41) is 11.5. The van der Waals surface area contributed by atoms with Gasteiger partial charge in [0, 0.05) is 19.4 Å². The number of carbonyl (C=O) groups is 2. The average molecular weight is 328 g/mol. The van der Waals surface area contributed by atoms with Crippen molar-refractivity contribution >= 4 is 11.9 Å². The topological polar surface area (TPSA) is 92.4 Å². The molecule has 136 valence electrons. The minimum Gasteiger partial charge on any atom is -0.481 e. The molecule has 0 saturated carbocycles. The van der Waals surface area contributed by atoms with Crippen LogP contribution in [0.1, 0.15) is 54.4 Å². The Labute approximate surface area is 141 Å². The molecule has 1 rings (SSSR count). The van der Waals surface area contributed by atoms with Gasteiger partial charge in [0.05, 0.1) is 0 Å². The number of nitrogens with one attached hydrogen (secondary N) is 1. The lowest BCUT2D eigenvalue weighted by atomic mass is 9.83. The van der Waals surface area contributed by atoms with Gasteiger partial charge in [0.25, 0.3) is 0 Å². The van der Waals surface area contributed by atoms with Crippen LogP contribution < -0.4 is 11.1 Å². The zero-order valence-corrected chi connectivity index (χ0v) is 15.6. The Balaban J connectivity index is 0.000000422. The average Bonchev–Trinajstić information content (AvgIpc) is 2.89. The van der Waals surface area contributed by atoms with Gasteiger partial charge in [-0.15, -0.1) is 0 Å². The lowest BCUT2D eigenvalue weighted by Crippen LogP contribution is -2.27. The summed E-state index contributed by atoms with van der Waals surface area (Å²) in [4.78, 5) is 21.3. The Morgan fingerprint density at radius 1 is 1.22 bits per heavy atom. The minimum atomic E-state index is -0.752. The van der Waals surface area contributed by atoms with Crippen LogP contribution in [0.5, 0.6) is 0 Å². The summed E-state index contributed by atoms with van der Waals surface area (Å²) >= 11 is 0. The minimum absolute atomic E-state index is 0.113. The van der Waals surface area contributed by atoms with Crippen LogP contribution >= 0.6 is 0 Å². The fourth-order valence-corrected chi connectivity index (χ4v) is 2.80. The van der Waals surface area contributed by atoms with Crippen molar-refractivity contribution in [3.63, 3.8) is 0 Å². The lowest BCUT2D eigenvalue weighted by molar-refractivity contribution is -0.138. The van der Waals surface area contributed by atoms with E-state index in [1.165, 1.54) is 0 Å². The molecule has 1 aliphatic rings. The van der Waals surface area contributed by atoms with Gasteiger partial charge < -0.3 is 16.2 Å². The van der Waals surface area contributed by atoms with E-state index < -0.39 is 5.97 Å². The summed E-state index contributed by atoms with van der Waals surface area (Å²) in [6, 6.07) is 0. The molecule has 4 N–H and O–H groups in total. The Bertz CT molecular complexity index is 369. The summed E-state index contributed by atoms with van der Waals surface area (Å²) in [5.41, 5.74) is 5.50. The molecule has 1 saturated heterocycles. The fourth-order valence-electron chi connectivity index (χ4n) is 2.80. The SMILES string of the molecule is CC(C)[C@H](C)C1CNC(=O)C1.CC(C)[C@H](C)[C@H](CN)CC(=O)O. The Hall–Kier alpha value is -1.10. The predicted octanol–water partition coefficient (Wildman–Crippen LogP) is 2.74. The lowest BCUT2D eigenvalue weighted by Gasteiger charge is -2.24. The van der Waals surface area contributed by atoms with E-state index in [1.807, 2.05) is 0 Å². The van der Waals surface area contributed by atoms with Crippen LogP contribution in [0.4, 0.5) is 0 Å². The maximum atomic E-state index is 10.9. The molecule has 1 fully saturated rings. The van der Waals surface area contributed by atoms with E-state index in [4.69, 9.17) is 10.8 Å². The zero-order valence-electron chi connectivity index (χ0n) is 15.6. The van der Waals surface area contributed by atoms with Crippen molar-refractivity contribution in [3.8, 4) is 0 Å². The first-order valence-electron chi connectivity index (χ1n) is 8.78. The van der Waals surface area contributed by atoms with E-state index in [9.17, 15) is 9.59 Å². The van der Waals surface area contributed by atoms with Gasteiger partial charge in [0.15, 0.2) is 0 Å². The number of carbonyl (C=O) groups excluding carboxylic acids is 1. The van der Waals surface area contributed by atoms with Gasteiger partial charge in [0.1, 0.15) is 0 Å². The number of amides is 1. The van der Waals surface area contributed by atoms with Gasteiger partial charge in [-0.3, -0.25) is 9.59 Å². The van der Waals surface area contributed by atoms with Gasteiger partial charge in [0.2, 0.25) is 5.91 Å². The molecule has 0 bridgehead atoms. The first-order chi connectivity index (χ1) is 10.6. The van der Waals surface area contributed by atoms with Crippen LogP contribution in [0.15, 0.2) is 0 Å². The molecule has 5 heteroatoms. The van der Waals surface area contributed by atoms with E-state index in [0.717, 1.165) is 13.0 Å². The van der Waals surface area contributed by atoms with Gasteiger partial charge in [-0.25, -0.2) is 0 Å². The Kier molecular flexibility index (Phi) is 10.1. The number of carboxylic acids is 1. The van der Waals surface area contributed by atoms with E-state index >= 15 is 0 Å². The van der Waals surface area contributed by atoms with E-state index in [-0.39, 0.29) is 18.2 Å². The highest BCUT2D eigenvalue weighted by atomic mass is 16.4. The highest BCUT2D eigenvalue weighted by Crippen LogP contribution is 2.25. The van der Waals surface area contributed by atoms with E-state index in [1.54, 1.807) is 0 Å². The maximum Gasteiger partial charge on any atom is 0.303 e. The molecule has 1 unspecified atom stereocenters. The summed E-state index contributed by atoms with van der Waals surface area (Å²) in [5.74, 6) is 2.39. The summed E-state index contributed by atoms with van der Waals surface area (Å²) < 4.78 is 0. The third-order valence-corrected chi connectivity index (χ3v) is 5.34. The standard InChI is InChI=1S/C9H19NO2.C9H17NO/c1-6(2)7(3)8(5-10)4-9(11)12;1-6(2)7(3)8-4-9(11)10-5-8/h6-8H,4-5,10H2,1-3H3,(H,11,12);6-8H,4-5H2,1-3H3,(H,10,11)/t7-,8-;7-,8?/m00/s1. The van der Waals surface area contributed by atoms with Gasteiger partial charge in [-0.05, 0) is 42.1 Å². The van der Waals surface area contributed by atoms with Crippen molar-refractivity contribution in [2.45, 2.75) is 54.4 Å². The van der Waals surface area contributed by atoms with Crippen molar-refractivity contribution in [2.24, 2.45) is 41.2 Å². The number of carboxylic acid groups (broad SMARTS) is 1. The summed E-state index contributed by atoms with van der Waals surface area (Å²) in [7, 11) is 0. The molecule has 0 aliphatic carbocycles. The Morgan fingerprint density at radius 3 is 2.09 bits per heavy atom. The molecule has 1 heterocycles. The van der Waals surface area contributed by atoms with Crippen LogP contribution in [0.25, 0.3) is 0 Å². The molecule has 1 aliphatic heterocycles. The van der Waals surface area contributed by atoms with Crippen LogP contribution in [-0.4, -0.2) is 30.1 Å². The molecule has 0 aromatic carbocycles. The molecule has 1 amide bonds. The molecule has 0 radical (unpaired) electrons. The first kappa shape index (κ1) is 21.9. The normalized spacial score (nSPS) is 21.4. The molecular weight excluding hydrogens is 292 g/mol. The van der Waals surface area contributed by atoms with E-state index in [2.05, 4.69) is 46.9 Å². The first-order valence-corrected chi connectivity index (χ1v) is 8.78. The second-order valence-electron chi connectivity index (χ2n) is 7.57. The zero-order chi connectivity index (χ0) is 18.2.